The van der Waals surface area contributed by atoms with Gasteiger partial charge in [-0.25, -0.2) is 0 Å². The molecule has 0 saturated heterocycles. The summed E-state index contributed by atoms with van der Waals surface area (Å²) < 4.78 is 0. The number of thioether (sulfide) groups is 1. The molecule has 0 saturated carbocycles. The molecule has 4 nitrogen and oxygen atoms in total. The first-order chi connectivity index (χ1) is 11.0. The van der Waals surface area contributed by atoms with Gasteiger partial charge in [-0.05, 0) is 35.9 Å². The topological polar surface area (TPSA) is 66.0 Å². The zero-order valence-corrected chi connectivity index (χ0v) is 14.7. The van der Waals surface area contributed by atoms with Crippen molar-refractivity contribution in [2.75, 3.05) is 5.75 Å². The summed E-state index contributed by atoms with van der Waals surface area (Å²) in [6, 6.07) is 11.4. The van der Waals surface area contributed by atoms with Crippen molar-refractivity contribution < 1.29 is 9.90 Å². The number of aromatic nitrogens is 2. The van der Waals surface area contributed by atoms with Gasteiger partial charge < -0.3 is 5.11 Å². The Labute approximate surface area is 150 Å². The number of nitrogens with zero attached hydrogens (tertiary/aromatic N) is 1. The molecule has 0 spiro atoms. The van der Waals surface area contributed by atoms with Crippen LogP contribution in [0.1, 0.15) is 0 Å². The lowest BCUT2D eigenvalue weighted by Crippen LogP contribution is -1.97. The highest BCUT2D eigenvalue weighted by Gasteiger charge is 2.10. The fraction of sp³-hybridized carbons (Fsp3) is 0.0667. The molecule has 0 unspecified atom stereocenters. The van der Waals surface area contributed by atoms with E-state index in [1.165, 1.54) is 11.8 Å². The van der Waals surface area contributed by atoms with Crippen molar-refractivity contribution in [3.05, 3.63) is 46.4 Å². The summed E-state index contributed by atoms with van der Waals surface area (Å²) in [5.41, 5.74) is 1.85. The molecule has 2 aromatic heterocycles. The summed E-state index contributed by atoms with van der Waals surface area (Å²) in [5, 5.41) is 17.4. The van der Waals surface area contributed by atoms with E-state index in [9.17, 15) is 4.79 Å². The predicted molar refractivity (Wildman–Crippen MR) is 95.7 cm³/mol. The third-order valence-electron chi connectivity index (χ3n) is 2.97. The van der Waals surface area contributed by atoms with E-state index < -0.39 is 5.97 Å². The van der Waals surface area contributed by atoms with E-state index in [-0.39, 0.29) is 5.75 Å². The molecule has 1 aromatic carbocycles. The molecular weight excluding hydrogens is 375 g/mol. The van der Waals surface area contributed by atoms with Crippen LogP contribution >= 0.6 is 46.3 Å². The minimum Gasteiger partial charge on any atom is -0.481 e. The molecule has 8 heteroatoms. The molecule has 3 aromatic rings. The fourth-order valence-electron chi connectivity index (χ4n) is 1.93. The molecule has 0 atom stereocenters. The molecule has 2 N–H and O–H groups in total. The molecule has 0 aliphatic rings. The Kier molecular flexibility index (Phi) is 4.96. The molecule has 0 radical (unpaired) electrons. The highest BCUT2D eigenvalue weighted by molar-refractivity contribution is 7.99. The smallest absolute Gasteiger partial charge is 0.313 e. The second-order valence-corrected chi connectivity index (χ2v) is 7.49. The summed E-state index contributed by atoms with van der Waals surface area (Å²) in [6.45, 7) is 0. The van der Waals surface area contributed by atoms with E-state index in [1.807, 2.05) is 30.3 Å². The lowest BCUT2D eigenvalue weighted by atomic mass is 10.2. The lowest BCUT2D eigenvalue weighted by Gasteiger charge is -2.00. The number of nitrogens with one attached hydrogen (secondary N) is 1. The van der Waals surface area contributed by atoms with Crippen molar-refractivity contribution in [2.24, 2.45) is 0 Å². The molecule has 23 heavy (non-hydrogen) atoms. The second-order valence-electron chi connectivity index (χ2n) is 4.60. The Hall–Kier alpha value is -1.47. The first kappa shape index (κ1) is 16.4. The van der Waals surface area contributed by atoms with Crippen LogP contribution in [0.5, 0.6) is 0 Å². The summed E-state index contributed by atoms with van der Waals surface area (Å²) in [5.74, 6) is -0.874. The van der Waals surface area contributed by atoms with Gasteiger partial charge in [0.05, 0.1) is 26.4 Å². The van der Waals surface area contributed by atoms with Gasteiger partial charge in [-0.2, -0.15) is 5.10 Å². The van der Waals surface area contributed by atoms with Crippen molar-refractivity contribution in [3.8, 4) is 21.0 Å². The number of halogens is 2. The third kappa shape index (κ3) is 3.90. The van der Waals surface area contributed by atoms with Crippen LogP contribution in [0.25, 0.3) is 21.0 Å². The van der Waals surface area contributed by atoms with Crippen molar-refractivity contribution >= 4 is 52.3 Å². The van der Waals surface area contributed by atoms with E-state index in [0.29, 0.717) is 15.1 Å². The maximum Gasteiger partial charge on any atom is 0.313 e. The van der Waals surface area contributed by atoms with Gasteiger partial charge in [0.2, 0.25) is 0 Å². The first-order valence-corrected chi connectivity index (χ1v) is 9.04. The Morgan fingerprint density at radius 3 is 2.70 bits per heavy atom. The predicted octanol–water partition coefficient (Wildman–Crippen LogP) is 5.29. The number of carboxylic acids is 1. The molecule has 0 amide bonds. The molecule has 3 rings (SSSR count). The number of carbonyl (C=O) groups is 1. The quantitative estimate of drug-likeness (QED) is 0.586. The lowest BCUT2D eigenvalue weighted by molar-refractivity contribution is -0.133. The molecule has 0 aliphatic heterocycles. The van der Waals surface area contributed by atoms with Gasteiger partial charge in [0, 0.05) is 4.88 Å². The molecule has 0 aliphatic carbocycles. The Morgan fingerprint density at radius 1 is 1.17 bits per heavy atom. The van der Waals surface area contributed by atoms with Crippen LogP contribution in [-0.4, -0.2) is 27.0 Å². The number of carboxylic acid groups (broad SMARTS) is 1. The van der Waals surface area contributed by atoms with Crippen molar-refractivity contribution in [3.63, 3.8) is 0 Å². The number of aromatic amines is 1. The minimum atomic E-state index is -0.863. The normalized spacial score (nSPS) is 10.9. The monoisotopic (exact) mass is 384 g/mol. The van der Waals surface area contributed by atoms with Gasteiger partial charge >= 0.3 is 5.97 Å². The van der Waals surface area contributed by atoms with Gasteiger partial charge in [0.25, 0.3) is 0 Å². The van der Waals surface area contributed by atoms with Crippen LogP contribution in [0.4, 0.5) is 0 Å². The zero-order chi connectivity index (χ0) is 16.4. The van der Waals surface area contributed by atoms with E-state index in [4.69, 9.17) is 28.3 Å². The first-order valence-electron chi connectivity index (χ1n) is 6.48. The molecule has 0 bridgehead atoms. The minimum absolute atomic E-state index is 0.0107. The Bertz CT molecular complexity index is 861. The van der Waals surface area contributed by atoms with E-state index in [2.05, 4.69) is 10.2 Å². The van der Waals surface area contributed by atoms with Crippen LogP contribution in [-0.2, 0) is 4.79 Å². The highest BCUT2D eigenvalue weighted by atomic mass is 35.5. The maximum atomic E-state index is 10.6. The number of rotatable bonds is 5. The number of H-pyrrole nitrogens is 1. The van der Waals surface area contributed by atoms with Crippen molar-refractivity contribution in [1.29, 1.82) is 0 Å². The molecule has 0 fully saturated rings. The summed E-state index contributed by atoms with van der Waals surface area (Å²) in [6.07, 6.45) is 0. The Morgan fingerprint density at radius 2 is 1.96 bits per heavy atom. The van der Waals surface area contributed by atoms with Gasteiger partial charge in [-0.3, -0.25) is 9.89 Å². The molecule has 2 heterocycles. The van der Waals surface area contributed by atoms with Crippen LogP contribution in [0, 0.1) is 0 Å². The SMILES string of the molecule is O=C(O)CSc1cc(-c2ccc(-c3ccc(Cl)c(Cl)c3)s2)[nH]n1. The number of hydrogen-bond acceptors (Lipinski definition) is 4. The van der Waals surface area contributed by atoms with Crippen LogP contribution < -0.4 is 0 Å². The van der Waals surface area contributed by atoms with Crippen molar-refractivity contribution in [2.45, 2.75) is 5.03 Å². The number of aliphatic carboxylic acids is 1. The van der Waals surface area contributed by atoms with Crippen LogP contribution in [0.3, 0.4) is 0 Å². The number of benzene rings is 1. The standard InChI is InChI=1S/C15H10Cl2N2O2S2/c16-9-2-1-8(5-10(9)17)12-3-4-13(23-12)11-6-14(19-18-11)22-7-15(20)21/h1-6H,7H2,(H,18,19)(H,20,21). The van der Waals surface area contributed by atoms with Gasteiger partial charge in [-0.15, -0.1) is 11.3 Å². The number of thiophene rings is 1. The fourth-order valence-corrected chi connectivity index (χ4v) is 3.78. The third-order valence-corrected chi connectivity index (χ3v) is 5.78. The van der Waals surface area contributed by atoms with E-state index in [1.54, 1.807) is 17.4 Å². The molecular formula is C15H10Cl2N2O2S2. The van der Waals surface area contributed by atoms with E-state index in [0.717, 1.165) is 21.0 Å². The largest absolute Gasteiger partial charge is 0.481 e. The van der Waals surface area contributed by atoms with Crippen molar-refractivity contribution in [1.82, 2.24) is 10.2 Å². The highest BCUT2D eigenvalue weighted by Crippen LogP contribution is 2.36. The Balaban J connectivity index is 1.81. The average molecular weight is 385 g/mol. The maximum absolute atomic E-state index is 10.6. The van der Waals surface area contributed by atoms with Gasteiger partial charge in [0.15, 0.2) is 0 Å². The zero-order valence-electron chi connectivity index (χ0n) is 11.5. The average Bonchev–Trinajstić information content (AvgIpc) is 3.16. The van der Waals surface area contributed by atoms with Gasteiger partial charge in [-0.1, -0.05) is 41.0 Å². The summed E-state index contributed by atoms with van der Waals surface area (Å²) >= 11 is 14.8. The summed E-state index contributed by atoms with van der Waals surface area (Å²) in [4.78, 5) is 12.7. The second kappa shape index (κ2) is 6.97. The number of hydrogen-bond donors (Lipinski definition) is 2. The van der Waals surface area contributed by atoms with Crippen LogP contribution in [0.15, 0.2) is 41.4 Å². The molecule has 118 valence electrons. The van der Waals surface area contributed by atoms with Crippen LogP contribution in [0.2, 0.25) is 10.0 Å². The van der Waals surface area contributed by atoms with Gasteiger partial charge in [0.1, 0.15) is 5.03 Å². The summed E-state index contributed by atoms with van der Waals surface area (Å²) in [7, 11) is 0. The van der Waals surface area contributed by atoms with E-state index >= 15 is 0 Å².